The summed E-state index contributed by atoms with van der Waals surface area (Å²) in [6.07, 6.45) is 2.33. The van der Waals surface area contributed by atoms with Crippen LogP contribution in [0.25, 0.3) is 0 Å². The SMILES string of the molecule is CCC1(C)CCN(N)CCN1. The van der Waals surface area contributed by atoms with E-state index in [-0.39, 0.29) is 0 Å². The Morgan fingerprint density at radius 1 is 1.55 bits per heavy atom. The lowest BCUT2D eigenvalue weighted by Gasteiger charge is -2.27. The minimum absolute atomic E-state index is 0.314. The predicted molar refractivity (Wildman–Crippen MR) is 47.1 cm³/mol. The molecule has 0 bridgehead atoms. The van der Waals surface area contributed by atoms with E-state index < -0.39 is 0 Å². The zero-order valence-corrected chi connectivity index (χ0v) is 7.56. The predicted octanol–water partition coefficient (Wildman–Crippen LogP) is 0.324. The van der Waals surface area contributed by atoms with Gasteiger partial charge in [0, 0.05) is 25.2 Å². The fourth-order valence-corrected chi connectivity index (χ4v) is 1.39. The van der Waals surface area contributed by atoms with E-state index >= 15 is 0 Å². The maximum atomic E-state index is 5.70. The standard InChI is InChI=1S/C8H19N3/c1-3-8(2)4-6-11(9)7-5-10-8/h10H,3-7,9H2,1-2H3. The van der Waals surface area contributed by atoms with Gasteiger partial charge in [-0.15, -0.1) is 0 Å². The maximum Gasteiger partial charge on any atom is 0.0254 e. The molecule has 1 unspecified atom stereocenters. The Balaban J connectivity index is 2.45. The molecule has 0 aromatic heterocycles. The number of hydrogen-bond acceptors (Lipinski definition) is 3. The third-order valence-corrected chi connectivity index (χ3v) is 2.68. The van der Waals surface area contributed by atoms with Crippen LogP contribution < -0.4 is 11.2 Å². The zero-order valence-electron chi connectivity index (χ0n) is 7.56. The average Bonchev–Trinajstić information content (AvgIpc) is 2.15. The first kappa shape index (κ1) is 8.97. The van der Waals surface area contributed by atoms with E-state index in [9.17, 15) is 0 Å². The van der Waals surface area contributed by atoms with Crippen LogP contribution in [0.4, 0.5) is 0 Å². The van der Waals surface area contributed by atoms with Gasteiger partial charge < -0.3 is 5.32 Å². The summed E-state index contributed by atoms with van der Waals surface area (Å²) >= 11 is 0. The Bertz CT molecular complexity index is 127. The van der Waals surface area contributed by atoms with Crippen molar-refractivity contribution in [2.24, 2.45) is 5.84 Å². The Hall–Kier alpha value is -0.120. The van der Waals surface area contributed by atoms with Crippen molar-refractivity contribution < 1.29 is 0 Å². The number of rotatable bonds is 1. The van der Waals surface area contributed by atoms with Gasteiger partial charge in [0.25, 0.3) is 0 Å². The fourth-order valence-electron chi connectivity index (χ4n) is 1.39. The van der Waals surface area contributed by atoms with Gasteiger partial charge in [0.1, 0.15) is 0 Å². The smallest absolute Gasteiger partial charge is 0.0254 e. The van der Waals surface area contributed by atoms with Crippen LogP contribution in [-0.4, -0.2) is 30.2 Å². The first-order chi connectivity index (χ1) is 5.16. The molecule has 0 aromatic rings. The summed E-state index contributed by atoms with van der Waals surface area (Å²) in [5.74, 6) is 5.70. The molecule has 11 heavy (non-hydrogen) atoms. The molecule has 66 valence electrons. The molecular weight excluding hydrogens is 138 g/mol. The lowest BCUT2D eigenvalue weighted by Crippen LogP contribution is -2.41. The molecule has 1 aliphatic heterocycles. The van der Waals surface area contributed by atoms with E-state index in [1.807, 2.05) is 5.01 Å². The summed E-state index contributed by atoms with van der Waals surface area (Å²) in [5, 5.41) is 5.41. The maximum absolute atomic E-state index is 5.70. The van der Waals surface area contributed by atoms with Gasteiger partial charge >= 0.3 is 0 Å². The van der Waals surface area contributed by atoms with Crippen LogP contribution in [0.2, 0.25) is 0 Å². The third-order valence-electron chi connectivity index (χ3n) is 2.68. The van der Waals surface area contributed by atoms with E-state index in [1.165, 1.54) is 6.42 Å². The van der Waals surface area contributed by atoms with Crippen molar-refractivity contribution in [3.63, 3.8) is 0 Å². The lowest BCUT2D eigenvalue weighted by atomic mass is 9.95. The van der Waals surface area contributed by atoms with Gasteiger partial charge in [-0.25, -0.2) is 5.01 Å². The first-order valence-corrected chi connectivity index (χ1v) is 4.41. The fraction of sp³-hybridized carbons (Fsp3) is 1.00. The molecule has 1 heterocycles. The van der Waals surface area contributed by atoms with Gasteiger partial charge in [0.2, 0.25) is 0 Å². The molecule has 0 amide bonds. The quantitative estimate of drug-likeness (QED) is 0.539. The molecule has 1 aliphatic rings. The number of nitrogens with one attached hydrogen (secondary N) is 1. The van der Waals surface area contributed by atoms with Gasteiger partial charge in [-0.05, 0) is 19.8 Å². The van der Waals surface area contributed by atoms with E-state index in [0.29, 0.717) is 5.54 Å². The summed E-state index contributed by atoms with van der Waals surface area (Å²) in [6.45, 7) is 7.49. The van der Waals surface area contributed by atoms with Crippen LogP contribution >= 0.6 is 0 Å². The van der Waals surface area contributed by atoms with Crippen LogP contribution in [0, 0.1) is 0 Å². The van der Waals surface area contributed by atoms with Gasteiger partial charge in [0.15, 0.2) is 0 Å². The zero-order chi connectivity index (χ0) is 8.32. The summed E-state index contributed by atoms with van der Waals surface area (Å²) in [6, 6.07) is 0. The van der Waals surface area contributed by atoms with E-state index in [4.69, 9.17) is 5.84 Å². The van der Waals surface area contributed by atoms with Crippen molar-refractivity contribution in [1.29, 1.82) is 0 Å². The number of nitrogens with zero attached hydrogens (tertiary/aromatic N) is 1. The van der Waals surface area contributed by atoms with Crippen molar-refractivity contribution >= 4 is 0 Å². The summed E-state index contributed by atoms with van der Waals surface area (Å²) < 4.78 is 0. The molecule has 0 aliphatic carbocycles. The monoisotopic (exact) mass is 157 g/mol. The molecule has 1 saturated heterocycles. The Labute approximate surface area is 68.9 Å². The first-order valence-electron chi connectivity index (χ1n) is 4.41. The van der Waals surface area contributed by atoms with Gasteiger partial charge in [-0.3, -0.25) is 5.84 Å². The molecule has 1 rings (SSSR count). The minimum Gasteiger partial charge on any atom is -0.310 e. The van der Waals surface area contributed by atoms with Crippen LogP contribution in [0.5, 0.6) is 0 Å². The molecule has 3 N–H and O–H groups in total. The van der Waals surface area contributed by atoms with Crippen molar-refractivity contribution in [1.82, 2.24) is 10.3 Å². The van der Waals surface area contributed by atoms with Crippen LogP contribution in [0.15, 0.2) is 0 Å². The highest BCUT2D eigenvalue weighted by molar-refractivity contribution is 4.84. The third kappa shape index (κ3) is 2.43. The second kappa shape index (κ2) is 3.52. The normalized spacial score (nSPS) is 35.2. The van der Waals surface area contributed by atoms with E-state index in [1.54, 1.807) is 0 Å². The lowest BCUT2D eigenvalue weighted by molar-refractivity contribution is 0.285. The molecule has 0 spiro atoms. The van der Waals surface area contributed by atoms with E-state index in [2.05, 4.69) is 19.2 Å². The minimum atomic E-state index is 0.314. The van der Waals surface area contributed by atoms with Gasteiger partial charge in [-0.2, -0.15) is 0 Å². The number of hydrazine groups is 1. The Kier molecular flexibility index (Phi) is 2.87. The molecular formula is C8H19N3. The van der Waals surface area contributed by atoms with Crippen LogP contribution in [0.1, 0.15) is 26.7 Å². The van der Waals surface area contributed by atoms with Crippen molar-refractivity contribution in [2.45, 2.75) is 32.2 Å². The van der Waals surface area contributed by atoms with Gasteiger partial charge in [0.05, 0.1) is 0 Å². The highest BCUT2D eigenvalue weighted by atomic mass is 15.4. The molecule has 1 atom stereocenters. The van der Waals surface area contributed by atoms with Crippen molar-refractivity contribution in [3.05, 3.63) is 0 Å². The Morgan fingerprint density at radius 2 is 2.27 bits per heavy atom. The van der Waals surface area contributed by atoms with Crippen LogP contribution in [-0.2, 0) is 0 Å². The average molecular weight is 157 g/mol. The van der Waals surface area contributed by atoms with Crippen molar-refractivity contribution in [3.8, 4) is 0 Å². The molecule has 3 heteroatoms. The van der Waals surface area contributed by atoms with Crippen molar-refractivity contribution in [2.75, 3.05) is 19.6 Å². The topological polar surface area (TPSA) is 41.3 Å². The van der Waals surface area contributed by atoms with Gasteiger partial charge in [-0.1, -0.05) is 6.92 Å². The molecule has 0 saturated carbocycles. The Morgan fingerprint density at radius 3 is 2.91 bits per heavy atom. The molecule has 0 radical (unpaired) electrons. The van der Waals surface area contributed by atoms with Crippen LogP contribution in [0.3, 0.4) is 0 Å². The molecule has 3 nitrogen and oxygen atoms in total. The second-order valence-corrected chi connectivity index (χ2v) is 3.63. The number of nitrogens with two attached hydrogens (primary N) is 1. The molecule has 1 fully saturated rings. The summed E-state index contributed by atoms with van der Waals surface area (Å²) in [4.78, 5) is 0. The largest absolute Gasteiger partial charge is 0.310 e. The summed E-state index contributed by atoms with van der Waals surface area (Å²) in [7, 11) is 0. The highest BCUT2D eigenvalue weighted by Gasteiger charge is 2.23. The second-order valence-electron chi connectivity index (χ2n) is 3.63. The highest BCUT2D eigenvalue weighted by Crippen LogP contribution is 2.15. The molecule has 0 aromatic carbocycles. The number of hydrogen-bond donors (Lipinski definition) is 2. The van der Waals surface area contributed by atoms with E-state index in [0.717, 1.165) is 26.1 Å². The summed E-state index contributed by atoms with van der Waals surface area (Å²) in [5.41, 5.74) is 0.314.